The molecule has 1 atom stereocenters. The Balaban J connectivity index is 1.88. The minimum absolute atomic E-state index is 0.00602. The van der Waals surface area contributed by atoms with Gasteiger partial charge in [-0.1, -0.05) is 0 Å². The first kappa shape index (κ1) is 12.1. The highest BCUT2D eigenvalue weighted by atomic mass is 32.2. The van der Waals surface area contributed by atoms with E-state index in [0.29, 0.717) is 24.5 Å². The fraction of sp³-hybridized carbons (Fsp3) is 0.545. The summed E-state index contributed by atoms with van der Waals surface area (Å²) < 4.78 is 28.6. The summed E-state index contributed by atoms with van der Waals surface area (Å²) in [6, 6.07) is 3.56. The van der Waals surface area contributed by atoms with E-state index < -0.39 is 14.7 Å². The molecule has 0 N–H and O–H groups in total. The van der Waals surface area contributed by atoms with Gasteiger partial charge in [0.1, 0.15) is 10.6 Å². The van der Waals surface area contributed by atoms with E-state index in [1.807, 2.05) is 0 Å². The van der Waals surface area contributed by atoms with Gasteiger partial charge in [-0.2, -0.15) is 0 Å². The molecule has 1 spiro atoms. The number of carbonyl (C=O) groups is 1. The van der Waals surface area contributed by atoms with E-state index in [0.717, 1.165) is 0 Å². The van der Waals surface area contributed by atoms with Gasteiger partial charge in [-0.3, -0.25) is 4.79 Å². The Morgan fingerprint density at radius 2 is 2.33 bits per heavy atom. The van der Waals surface area contributed by atoms with Crippen LogP contribution in [0.3, 0.4) is 0 Å². The van der Waals surface area contributed by atoms with Crippen molar-refractivity contribution >= 4 is 27.5 Å². The molecule has 18 heavy (non-hydrogen) atoms. The number of amides is 1. The molecule has 0 bridgehead atoms. The summed E-state index contributed by atoms with van der Waals surface area (Å²) in [5.41, 5.74) is 0. The minimum Gasteiger partial charge on any atom is -0.467 e. The summed E-state index contributed by atoms with van der Waals surface area (Å²) >= 11 is 1.45. The summed E-state index contributed by atoms with van der Waals surface area (Å²) in [6.07, 6.45) is 2.08. The third kappa shape index (κ3) is 1.95. The fourth-order valence-corrected chi connectivity index (χ4v) is 6.40. The lowest BCUT2D eigenvalue weighted by atomic mass is 10.2. The number of thioether (sulfide) groups is 1. The SMILES string of the molecule is O=C1CS[C@@]2(CCS(=O)(=O)C2)N1Cc1ccco1. The maximum absolute atomic E-state index is 11.9. The van der Waals surface area contributed by atoms with E-state index in [2.05, 4.69) is 0 Å². The van der Waals surface area contributed by atoms with Crippen LogP contribution in [0.4, 0.5) is 0 Å². The Labute approximate surface area is 109 Å². The second kappa shape index (κ2) is 4.03. The van der Waals surface area contributed by atoms with Crippen LogP contribution in [0.5, 0.6) is 0 Å². The fourth-order valence-electron chi connectivity index (χ4n) is 2.50. The zero-order valence-electron chi connectivity index (χ0n) is 9.66. The van der Waals surface area contributed by atoms with Gasteiger partial charge < -0.3 is 9.32 Å². The molecule has 2 aliphatic rings. The van der Waals surface area contributed by atoms with Crippen LogP contribution in [0, 0.1) is 0 Å². The van der Waals surface area contributed by atoms with Gasteiger partial charge >= 0.3 is 0 Å². The minimum atomic E-state index is -3.02. The van der Waals surface area contributed by atoms with E-state index in [-0.39, 0.29) is 17.4 Å². The third-order valence-corrected chi connectivity index (χ3v) is 6.82. The molecule has 3 rings (SSSR count). The standard InChI is InChI=1S/C11H13NO4S2/c13-10-7-17-11(3-5-18(14,15)8-11)12(10)6-9-2-1-4-16-9/h1-2,4H,3,5-8H2/t11-/m1/s1. The molecule has 0 aliphatic carbocycles. The van der Waals surface area contributed by atoms with Crippen LogP contribution in [-0.2, 0) is 21.2 Å². The molecule has 1 amide bonds. The van der Waals surface area contributed by atoms with Crippen molar-refractivity contribution in [3.63, 3.8) is 0 Å². The van der Waals surface area contributed by atoms with E-state index in [4.69, 9.17) is 4.42 Å². The molecule has 1 aromatic heterocycles. The van der Waals surface area contributed by atoms with Crippen molar-refractivity contribution in [1.82, 2.24) is 4.90 Å². The van der Waals surface area contributed by atoms with Crippen LogP contribution in [0.25, 0.3) is 0 Å². The Bertz CT molecular complexity index is 566. The molecule has 1 aromatic rings. The van der Waals surface area contributed by atoms with Gasteiger partial charge in [0.2, 0.25) is 5.91 Å². The third-order valence-electron chi connectivity index (χ3n) is 3.40. The molecule has 98 valence electrons. The van der Waals surface area contributed by atoms with E-state index in [1.165, 1.54) is 11.8 Å². The lowest BCUT2D eigenvalue weighted by Crippen LogP contribution is -2.44. The molecular formula is C11H13NO4S2. The molecule has 0 aromatic carbocycles. The largest absolute Gasteiger partial charge is 0.467 e. The number of furan rings is 1. The number of hydrogen-bond acceptors (Lipinski definition) is 5. The van der Waals surface area contributed by atoms with Crippen LogP contribution in [-0.4, -0.2) is 41.4 Å². The van der Waals surface area contributed by atoms with Gasteiger partial charge in [0.05, 0.1) is 30.1 Å². The Morgan fingerprint density at radius 3 is 2.94 bits per heavy atom. The maximum atomic E-state index is 11.9. The smallest absolute Gasteiger partial charge is 0.234 e. The van der Waals surface area contributed by atoms with Crippen LogP contribution < -0.4 is 0 Å². The van der Waals surface area contributed by atoms with Gasteiger partial charge in [0.15, 0.2) is 9.84 Å². The van der Waals surface area contributed by atoms with Crippen LogP contribution in [0.1, 0.15) is 12.2 Å². The summed E-state index contributed by atoms with van der Waals surface area (Å²) in [7, 11) is -3.02. The summed E-state index contributed by atoms with van der Waals surface area (Å²) in [4.78, 5) is 13.0. The monoisotopic (exact) mass is 287 g/mol. The number of sulfone groups is 1. The number of nitrogens with zero attached hydrogens (tertiary/aromatic N) is 1. The van der Waals surface area contributed by atoms with Crippen molar-refractivity contribution in [2.45, 2.75) is 17.8 Å². The molecule has 3 heterocycles. The van der Waals surface area contributed by atoms with Crippen molar-refractivity contribution in [3.05, 3.63) is 24.2 Å². The van der Waals surface area contributed by atoms with Gasteiger partial charge in [0.25, 0.3) is 0 Å². The van der Waals surface area contributed by atoms with Crippen LogP contribution >= 0.6 is 11.8 Å². The number of rotatable bonds is 2. The van der Waals surface area contributed by atoms with E-state index in [9.17, 15) is 13.2 Å². The van der Waals surface area contributed by atoms with Gasteiger partial charge in [-0.15, -0.1) is 11.8 Å². The lowest BCUT2D eigenvalue weighted by molar-refractivity contribution is -0.130. The van der Waals surface area contributed by atoms with Crippen molar-refractivity contribution < 1.29 is 17.6 Å². The first-order valence-electron chi connectivity index (χ1n) is 5.68. The summed E-state index contributed by atoms with van der Waals surface area (Å²) in [5, 5.41) is 0. The number of hydrogen-bond donors (Lipinski definition) is 0. The van der Waals surface area contributed by atoms with Crippen molar-refractivity contribution in [1.29, 1.82) is 0 Å². The van der Waals surface area contributed by atoms with Crippen molar-refractivity contribution in [2.24, 2.45) is 0 Å². The molecule has 0 radical (unpaired) electrons. The Hall–Kier alpha value is -0.950. The molecule has 2 aliphatic heterocycles. The Morgan fingerprint density at radius 1 is 1.50 bits per heavy atom. The van der Waals surface area contributed by atoms with Crippen molar-refractivity contribution in [2.75, 3.05) is 17.3 Å². The second-order valence-corrected chi connectivity index (χ2v) is 8.16. The second-order valence-electron chi connectivity index (χ2n) is 4.64. The molecular weight excluding hydrogens is 274 g/mol. The zero-order valence-corrected chi connectivity index (χ0v) is 11.3. The highest BCUT2D eigenvalue weighted by Crippen LogP contribution is 2.45. The molecule has 0 saturated carbocycles. The molecule has 0 unspecified atom stereocenters. The van der Waals surface area contributed by atoms with E-state index >= 15 is 0 Å². The van der Waals surface area contributed by atoms with Gasteiger partial charge in [0, 0.05) is 0 Å². The Kier molecular flexibility index (Phi) is 2.71. The highest BCUT2D eigenvalue weighted by molar-refractivity contribution is 8.03. The number of carbonyl (C=O) groups excluding carboxylic acids is 1. The highest BCUT2D eigenvalue weighted by Gasteiger charge is 2.53. The van der Waals surface area contributed by atoms with Gasteiger partial charge in [-0.25, -0.2) is 8.42 Å². The molecule has 7 heteroatoms. The van der Waals surface area contributed by atoms with Crippen molar-refractivity contribution in [3.8, 4) is 0 Å². The van der Waals surface area contributed by atoms with Crippen LogP contribution in [0.15, 0.2) is 22.8 Å². The quantitative estimate of drug-likeness (QED) is 0.807. The topological polar surface area (TPSA) is 67.6 Å². The average molecular weight is 287 g/mol. The zero-order chi connectivity index (χ0) is 12.8. The first-order valence-corrected chi connectivity index (χ1v) is 8.49. The first-order chi connectivity index (χ1) is 8.51. The predicted octanol–water partition coefficient (Wildman–Crippen LogP) is 0.870. The van der Waals surface area contributed by atoms with Gasteiger partial charge in [-0.05, 0) is 18.6 Å². The molecule has 2 saturated heterocycles. The average Bonchev–Trinajstić information content (AvgIpc) is 2.97. The lowest BCUT2D eigenvalue weighted by Gasteiger charge is -2.32. The summed E-state index contributed by atoms with van der Waals surface area (Å²) in [6.45, 7) is 0.356. The molecule has 2 fully saturated rings. The van der Waals surface area contributed by atoms with E-state index in [1.54, 1.807) is 23.3 Å². The molecule has 5 nitrogen and oxygen atoms in total. The normalized spacial score (nSPS) is 30.4. The maximum Gasteiger partial charge on any atom is 0.234 e. The van der Waals surface area contributed by atoms with Crippen LogP contribution in [0.2, 0.25) is 0 Å². The predicted molar refractivity (Wildman–Crippen MR) is 67.7 cm³/mol. The summed E-state index contributed by atoms with van der Waals surface area (Å²) in [5.74, 6) is 1.28.